The lowest BCUT2D eigenvalue weighted by Crippen LogP contribution is -2.45. The molecule has 1 aliphatic rings. The normalized spacial score (nSPS) is 14.0. The van der Waals surface area contributed by atoms with Crippen LogP contribution in [0.2, 0.25) is 0 Å². The number of anilines is 3. The number of hydrogen-bond acceptors (Lipinski definition) is 4. The first-order valence-corrected chi connectivity index (χ1v) is 8.04. The summed E-state index contributed by atoms with van der Waals surface area (Å²) in [6.45, 7) is 2.97. The second-order valence-electron chi connectivity index (χ2n) is 5.95. The number of hydrogen-bond donors (Lipinski definition) is 2. The maximum Gasteiger partial charge on any atom is 0.300 e. The molecule has 3 amide bonds. The summed E-state index contributed by atoms with van der Waals surface area (Å²) in [5.74, 6) is -1.93. The molecule has 132 valence electrons. The van der Waals surface area contributed by atoms with Gasteiger partial charge in [0.25, 0.3) is 11.7 Å². The maximum absolute atomic E-state index is 12.5. The Morgan fingerprint density at radius 2 is 1.50 bits per heavy atom. The molecule has 0 aliphatic carbocycles. The van der Waals surface area contributed by atoms with Crippen LogP contribution in [0.4, 0.5) is 17.1 Å². The van der Waals surface area contributed by atoms with Gasteiger partial charge in [-0.05, 0) is 43.3 Å². The predicted octanol–water partition coefficient (Wildman–Crippen LogP) is 2.20. The molecular formula is C19H17N3O4. The van der Waals surface area contributed by atoms with Crippen LogP contribution in [-0.2, 0) is 14.4 Å². The molecule has 0 fully saturated rings. The van der Waals surface area contributed by atoms with E-state index in [0.29, 0.717) is 22.6 Å². The molecule has 1 atom stereocenters. The Balaban J connectivity index is 1.75. The highest BCUT2D eigenvalue weighted by Gasteiger charge is 2.40. The number of amides is 3. The molecule has 7 nitrogen and oxygen atoms in total. The molecule has 1 aliphatic heterocycles. The van der Waals surface area contributed by atoms with E-state index in [-0.39, 0.29) is 5.91 Å². The van der Waals surface area contributed by atoms with Crippen molar-refractivity contribution in [3.05, 3.63) is 54.1 Å². The van der Waals surface area contributed by atoms with Crippen molar-refractivity contribution in [2.24, 2.45) is 0 Å². The van der Waals surface area contributed by atoms with Gasteiger partial charge in [0, 0.05) is 18.3 Å². The zero-order chi connectivity index (χ0) is 18.8. The lowest BCUT2D eigenvalue weighted by atomic mass is 10.1. The van der Waals surface area contributed by atoms with Crippen molar-refractivity contribution in [1.29, 1.82) is 0 Å². The van der Waals surface area contributed by atoms with E-state index in [1.807, 2.05) is 0 Å². The van der Waals surface area contributed by atoms with E-state index >= 15 is 0 Å². The fourth-order valence-electron chi connectivity index (χ4n) is 2.80. The molecule has 0 spiro atoms. The van der Waals surface area contributed by atoms with Gasteiger partial charge in [-0.3, -0.25) is 24.1 Å². The van der Waals surface area contributed by atoms with Crippen LogP contribution < -0.4 is 15.5 Å². The monoisotopic (exact) mass is 351 g/mol. The van der Waals surface area contributed by atoms with E-state index in [2.05, 4.69) is 10.6 Å². The lowest BCUT2D eigenvalue weighted by Gasteiger charge is -2.23. The Bertz CT molecular complexity index is 905. The Morgan fingerprint density at radius 3 is 2.12 bits per heavy atom. The summed E-state index contributed by atoms with van der Waals surface area (Å²) in [7, 11) is 0. The summed E-state index contributed by atoms with van der Waals surface area (Å²) in [6, 6.07) is 12.3. The SMILES string of the molecule is CC(=O)Nc1ccc(NC(=O)C(C)N2C(=O)C(=O)c3ccccc32)cc1. The Kier molecular flexibility index (Phi) is 4.53. The second kappa shape index (κ2) is 6.79. The minimum atomic E-state index is -0.856. The Morgan fingerprint density at radius 1 is 0.923 bits per heavy atom. The van der Waals surface area contributed by atoms with E-state index < -0.39 is 23.6 Å². The third-order valence-corrected chi connectivity index (χ3v) is 4.06. The average Bonchev–Trinajstić information content (AvgIpc) is 2.87. The van der Waals surface area contributed by atoms with Crippen molar-refractivity contribution in [3.8, 4) is 0 Å². The number of fused-ring (bicyclic) bond motifs is 1. The minimum Gasteiger partial charge on any atom is -0.326 e. The molecule has 3 rings (SSSR count). The highest BCUT2D eigenvalue weighted by atomic mass is 16.2. The molecule has 0 aromatic heterocycles. The number of benzene rings is 2. The van der Waals surface area contributed by atoms with Gasteiger partial charge in [0.15, 0.2) is 0 Å². The van der Waals surface area contributed by atoms with Crippen LogP contribution in [0.3, 0.4) is 0 Å². The van der Waals surface area contributed by atoms with E-state index in [4.69, 9.17) is 0 Å². The molecule has 7 heteroatoms. The summed E-state index contributed by atoms with van der Waals surface area (Å²) >= 11 is 0. The van der Waals surface area contributed by atoms with Crippen LogP contribution in [-0.4, -0.2) is 29.5 Å². The number of nitrogens with zero attached hydrogens (tertiary/aromatic N) is 1. The van der Waals surface area contributed by atoms with Gasteiger partial charge in [0.05, 0.1) is 11.3 Å². The van der Waals surface area contributed by atoms with Crippen LogP contribution in [0.15, 0.2) is 48.5 Å². The number of nitrogens with one attached hydrogen (secondary N) is 2. The van der Waals surface area contributed by atoms with Crippen molar-refractivity contribution in [1.82, 2.24) is 0 Å². The maximum atomic E-state index is 12.5. The molecule has 0 radical (unpaired) electrons. The zero-order valence-corrected chi connectivity index (χ0v) is 14.3. The predicted molar refractivity (Wildman–Crippen MR) is 97.1 cm³/mol. The zero-order valence-electron chi connectivity index (χ0n) is 14.3. The number of rotatable bonds is 4. The number of ketones is 1. The average molecular weight is 351 g/mol. The molecule has 2 aromatic carbocycles. The number of carbonyl (C=O) groups is 4. The van der Waals surface area contributed by atoms with Gasteiger partial charge < -0.3 is 10.6 Å². The van der Waals surface area contributed by atoms with Gasteiger partial charge >= 0.3 is 0 Å². The van der Waals surface area contributed by atoms with Crippen molar-refractivity contribution < 1.29 is 19.2 Å². The van der Waals surface area contributed by atoms with E-state index in [1.165, 1.54) is 11.8 Å². The van der Waals surface area contributed by atoms with Crippen LogP contribution in [0.25, 0.3) is 0 Å². The summed E-state index contributed by atoms with van der Waals surface area (Å²) in [4.78, 5) is 49.1. The molecular weight excluding hydrogens is 334 g/mol. The van der Waals surface area contributed by atoms with Gasteiger partial charge in [0.1, 0.15) is 6.04 Å². The third-order valence-electron chi connectivity index (χ3n) is 4.06. The van der Waals surface area contributed by atoms with Crippen LogP contribution >= 0.6 is 0 Å². The topological polar surface area (TPSA) is 95.6 Å². The summed E-state index contributed by atoms with van der Waals surface area (Å²) in [5.41, 5.74) is 1.86. The van der Waals surface area contributed by atoms with E-state index in [1.54, 1.807) is 55.5 Å². The first-order chi connectivity index (χ1) is 12.4. The number of carbonyl (C=O) groups excluding carboxylic acids is 4. The summed E-state index contributed by atoms with van der Waals surface area (Å²) < 4.78 is 0. The molecule has 2 aromatic rings. The van der Waals surface area contributed by atoms with Crippen molar-refractivity contribution >= 4 is 40.6 Å². The largest absolute Gasteiger partial charge is 0.326 e. The smallest absolute Gasteiger partial charge is 0.300 e. The number of para-hydroxylation sites is 1. The summed E-state index contributed by atoms with van der Waals surface area (Å²) in [6.07, 6.45) is 0. The molecule has 0 bridgehead atoms. The molecule has 26 heavy (non-hydrogen) atoms. The van der Waals surface area contributed by atoms with Gasteiger partial charge in [0.2, 0.25) is 11.8 Å². The van der Waals surface area contributed by atoms with Gasteiger partial charge in [-0.2, -0.15) is 0 Å². The highest BCUT2D eigenvalue weighted by molar-refractivity contribution is 6.52. The quantitative estimate of drug-likeness (QED) is 0.826. The number of Topliss-reactive ketones (excluding diaryl/α,β-unsaturated/α-hetero) is 1. The van der Waals surface area contributed by atoms with Gasteiger partial charge in [-0.15, -0.1) is 0 Å². The second-order valence-corrected chi connectivity index (χ2v) is 5.95. The lowest BCUT2D eigenvalue weighted by molar-refractivity contribution is -0.120. The Labute approximate surface area is 150 Å². The molecule has 1 heterocycles. The fraction of sp³-hybridized carbons (Fsp3) is 0.158. The van der Waals surface area contributed by atoms with Gasteiger partial charge in [-0.1, -0.05) is 12.1 Å². The fourth-order valence-corrected chi connectivity index (χ4v) is 2.80. The standard InChI is InChI=1S/C19H17N3O4/c1-11(22-16-6-4-3-5-15(16)17(24)19(22)26)18(25)21-14-9-7-13(8-10-14)20-12(2)23/h3-11H,1-2H3,(H,20,23)(H,21,25). The van der Waals surface area contributed by atoms with Crippen LogP contribution in [0, 0.1) is 0 Å². The van der Waals surface area contributed by atoms with E-state index in [0.717, 1.165) is 0 Å². The Hall–Kier alpha value is -3.48. The van der Waals surface area contributed by atoms with Crippen molar-refractivity contribution in [3.63, 3.8) is 0 Å². The molecule has 2 N–H and O–H groups in total. The van der Waals surface area contributed by atoms with Crippen molar-refractivity contribution in [2.45, 2.75) is 19.9 Å². The first-order valence-electron chi connectivity index (χ1n) is 8.04. The van der Waals surface area contributed by atoms with Crippen LogP contribution in [0.1, 0.15) is 24.2 Å². The first kappa shape index (κ1) is 17.3. The summed E-state index contributed by atoms with van der Waals surface area (Å²) in [5, 5.41) is 5.34. The molecule has 0 saturated carbocycles. The van der Waals surface area contributed by atoms with Crippen molar-refractivity contribution in [2.75, 3.05) is 15.5 Å². The minimum absolute atomic E-state index is 0.189. The third kappa shape index (κ3) is 3.19. The highest BCUT2D eigenvalue weighted by Crippen LogP contribution is 2.30. The molecule has 1 unspecified atom stereocenters. The molecule has 0 saturated heterocycles. The van der Waals surface area contributed by atoms with Gasteiger partial charge in [-0.25, -0.2) is 0 Å². The van der Waals surface area contributed by atoms with Crippen LogP contribution in [0.5, 0.6) is 0 Å². The van der Waals surface area contributed by atoms with E-state index in [9.17, 15) is 19.2 Å².